The quantitative estimate of drug-likeness (QED) is 0.746. The van der Waals surface area contributed by atoms with Crippen molar-refractivity contribution < 1.29 is 9.59 Å². The molecule has 0 heterocycles. The van der Waals surface area contributed by atoms with Gasteiger partial charge in [0.05, 0.1) is 0 Å². The number of ketones is 1. The zero-order valence-electron chi connectivity index (χ0n) is 11.0. The van der Waals surface area contributed by atoms with E-state index in [2.05, 4.69) is 5.32 Å². The molecule has 0 bridgehead atoms. The molecule has 3 N–H and O–H groups in total. The smallest absolute Gasteiger partial charge is 0.220 e. The highest BCUT2D eigenvalue weighted by Crippen LogP contribution is 2.13. The van der Waals surface area contributed by atoms with Crippen LogP contribution in [0.15, 0.2) is 18.2 Å². The summed E-state index contributed by atoms with van der Waals surface area (Å²) in [5.41, 5.74) is 7.99. The monoisotopic (exact) mass is 248 g/mol. The highest BCUT2D eigenvalue weighted by molar-refractivity contribution is 5.99. The predicted molar refractivity (Wildman–Crippen MR) is 71.5 cm³/mol. The molecule has 0 saturated carbocycles. The number of benzene rings is 1. The van der Waals surface area contributed by atoms with Crippen LogP contribution >= 0.6 is 0 Å². The molecule has 0 saturated heterocycles. The third-order valence-electron chi connectivity index (χ3n) is 2.74. The van der Waals surface area contributed by atoms with Crippen molar-refractivity contribution in [3.05, 3.63) is 34.9 Å². The first-order chi connectivity index (χ1) is 8.54. The maximum Gasteiger partial charge on any atom is 0.220 e. The molecule has 0 aliphatic carbocycles. The minimum Gasteiger partial charge on any atom is -0.355 e. The number of nitrogens with one attached hydrogen (secondary N) is 1. The van der Waals surface area contributed by atoms with Crippen molar-refractivity contribution in [1.29, 1.82) is 0 Å². The maximum atomic E-state index is 12.0. The fourth-order valence-corrected chi connectivity index (χ4v) is 1.70. The van der Waals surface area contributed by atoms with E-state index in [1.54, 1.807) is 0 Å². The highest BCUT2D eigenvalue weighted by Gasteiger charge is 2.11. The fourth-order valence-electron chi connectivity index (χ4n) is 1.70. The van der Waals surface area contributed by atoms with Gasteiger partial charge in [-0.25, -0.2) is 0 Å². The van der Waals surface area contributed by atoms with Crippen LogP contribution in [0, 0.1) is 13.8 Å². The second-order valence-electron chi connectivity index (χ2n) is 4.38. The van der Waals surface area contributed by atoms with E-state index in [-0.39, 0.29) is 24.5 Å². The van der Waals surface area contributed by atoms with Gasteiger partial charge in [-0.05, 0) is 25.5 Å². The van der Waals surface area contributed by atoms with E-state index in [1.807, 2.05) is 32.0 Å². The fraction of sp³-hybridized carbons (Fsp3) is 0.429. The number of hydrogen-bond acceptors (Lipinski definition) is 3. The average Bonchev–Trinajstić information content (AvgIpc) is 2.36. The van der Waals surface area contributed by atoms with Crippen molar-refractivity contribution >= 4 is 11.7 Å². The van der Waals surface area contributed by atoms with Gasteiger partial charge >= 0.3 is 0 Å². The van der Waals surface area contributed by atoms with Crippen LogP contribution in [0.4, 0.5) is 0 Å². The zero-order chi connectivity index (χ0) is 13.5. The molecular weight excluding hydrogens is 228 g/mol. The Morgan fingerprint density at radius 2 is 1.94 bits per heavy atom. The van der Waals surface area contributed by atoms with Gasteiger partial charge in [-0.3, -0.25) is 9.59 Å². The van der Waals surface area contributed by atoms with Gasteiger partial charge in [0.25, 0.3) is 0 Å². The first-order valence-corrected chi connectivity index (χ1v) is 6.12. The minimum atomic E-state index is -0.126. The van der Waals surface area contributed by atoms with Crippen LogP contribution in [-0.2, 0) is 4.79 Å². The lowest BCUT2D eigenvalue weighted by atomic mass is 9.99. The number of Topliss-reactive ketones (excluding diaryl/α,β-unsaturated/α-hetero) is 1. The molecule has 0 atom stereocenters. The van der Waals surface area contributed by atoms with E-state index in [9.17, 15) is 9.59 Å². The molecule has 0 spiro atoms. The molecule has 0 radical (unpaired) electrons. The number of carbonyl (C=O) groups excluding carboxylic acids is 2. The third kappa shape index (κ3) is 4.30. The SMILES string of the molecule is Cc1ccc(C)c(C(=O)CCC(=O)NCCN)c1. The molecule has 4 nitrogen and oxygen atoms in total. The lowest BCUT2D eigenvalue weighted by Crippen LogP contribution is -2.29. The third-order valence-corrected chi connectivity index (χ3v) is 2.74. The number of aryl methyl sites for hydroxylation is 2. The van der Waals surface area contributed by atoms with Gasteiger partial charge in [0, 0.05) is 31.5 Å². The van der Waals surface area contributed by atoms with E-state index >= 15 is 0 Å². The molecule has 98 valence electrons. The van der Waals surface area contributed by atoms with Gasteiger partial charge in [-0.2, -0.15) is 0 Å². The van der Waals surface area contributed by atoms with Crippen molar-refractivity contribution in [2.75, 3.05) is 13.1 Å². The summed E-state index contributed by atoms with van der Waals surface area (Å²) in [4.78, 5) is 23.4. The molecule has 1 aromatic carbocycles. The van der Waals surface area contributed by atoms with Crippen LogP contribution in [0.2, 0.25) is 0 Å². The first kappa shape index (κ1) is 14.4. The predicted octanol–water partition coefficient (Wildman–Crippen LogP) is 1.34. The largest absolute Gasteiger partial charge is 0.355 e. The minimum absolute atomic E-state index is 0.0131. The normalized spacial score (nSPS) is 10.2. The van der Waals surface area contributed by atoms with E-state index < -0.39 is 0 Å². The summed E-state index contributed by atoms with van der Waals surface area (Å²) in [5, 5.41) is 2.65. The highest BCUT2D eigenvalue weighted by atomic mass is 16.2. The van der Waals surface area contributed by atoms with Gasteiger partial charge < -0.3 is 11.1 Å². The van der Waals surface area contributed by atoms with Crippen LogP contribution in [-0.4, -0.2) is 24.8 Å². The maximum absolute atomic E-state index is 12.0. The summed E-state index contributed by atoms with van der Waals surface area (Å²) in [5.74, 6) is -0.113. The Labute approximate surface area is 108 Å². The van der Waals surface area contributed by atoms with E-state index in [0.717, 1.165) is 11.1 Å². The van der Waals surface area contributed by atoms with Crippen molar-refractivity contribution in [2.24, 2.45) is 5.73 Å². The Bertz CT molecular complexity index is 441. The molecule has 4 heteroatoms. The van der Waals surface area contributed by atoms with Crippen LogP contribution in [0.1, 0.15) is 34.3 Å². The average molecular weight is 248 g/mol. The van der Waals surface area contributed by atoms with Gasteiger partial charge in [0.1, 0.15) is 0 Å². The Morgan fingerprint density at radius 3 is 2.61 bits per heavy atom. The zero-order valence-corrected chi connectivity index (χ0v) is 11.0. The molecule has 0 aliphatic heterocycles. The summed E-state index contributed by atoms with van der Waals surface area (Å²) in [6.07, 6.45) is 0.451. The molecule has 0 unspecified atom stereocenters. The lowest BCUT2D eigenvalue weighted by Gasteiger charge is -2.06. The Hall–Kier alpha value is -1.68. The van der Waals surface area contributed by atoms with Crippen LogP contribution in [0.3, 0.4) is 0 Å². The van der Waals surface area contributed by atoms with Crippen LogP contribution in [0.5, 0.6) is 0 Å². The molecule has 1 amide bonds. The number of nitrogens with two attached hydrogens (primary N) is 1. The van der Waals surface area contributed by atoms with Crippen LogP contribution < -0.4 is 11.1 Å². The summed E-state index contributed by atoms with van der Waals surface area (Å²) in [6.45, 7) is 4.72. The number of amides is 1. The van der Waals surface area contributed by atoms with E-state index in [0.29, 0.717) is 18.7 Å². The van der Waals surface area contributed by atoms with Gasteiger partial charge in [-0.1, -0.05) is 17.7 Å². The van der Waals surface area contributed by atoms with Crippen molar-refractivity contribution in [1.82, 2.24) is 5.32 Å². The number of hydrogen-bond donors (Lipinski definition) is 2. The topological polar surface area (TPSA) is 72.2 Å². The molecule has 0 fully saturated rings. The van der Waals surface area contributed by atoms with Gasteiger partial charge in [0.15, 0.2) is 5.78 Å². The summed E-state index contributed by atoms with van der Waals surface area (Å²) < 4.78 is 0. The van der Waals surface area contributed by atoms with E-state index in [1.165, 1.54) is 0 Å². The summed E-state index contributed by atoms with van der Waals surface area (Å²) >= 11 is 0. The van der Waals surface area contributed by atoms with Crippen molar-refractivity contribution in [2.45, 2.75) is 26.7 Å². The Kier molecular flexibility index (Phi) is 5.52. The summed E-state index contributed by atoms with van der Waals surface area (Å²) in [7, 11) is 0. The first-order valence-electron chi connectivity index (χ1n) is 6.12. The van der Waals surface area contributed by atoms with E-state index in [4.69, 9.17) is 5.73 Å². The van der Waals surface area contributed by atoms with Crippen LogP contribution in [0.25, 0.3) is 0 Å². The molecule has 18 heavy (non-hydrogen) atoms. The second kappa shape index (κ2) is 6.91. The lowest BCUT2D eigenvalue weighted by molar-refractivity contribution is -0.121. The summed E-state index contributed by atoms with van der Waals surface area (Å²) in [6, 6.07) is 5.77. The van der Waals surface area contributed by atoms with Gasteiger partial charge in [-0.15, -0.1) is 0 Å². The molecule has 0 aromatic heterocycles. The van der Waals surface area contributed by atoms with Gasteiger partial charge in [0.2, 0.25) is 5.91 Å². The molecule has 1 aromatic rings. The Morgan fingerprint density at radius 1 is 1.22 bits per heavy atom. The number of rotatable bonds is 6. The number of carbonyl (C=O) groups is 2. The molecule has 1 rings (SSSR count). The second-order valence-corrected chi connectivity index (χ2v) is 4.38. The Balaban J connectivity index is 2.55. The molecule has 0 aliphatic rings. The standard InChI is InChI=1S/C14H20N2O2/c1-10-3-4-11(2)12(9-10)13(17)5-6-14(18)16-8-7-15/h3-4,9H,5-8,15H2,1-2H3,(H,16,18). The van der Waals surface area contributed by atoms with Crippen molar-refractivity contribution in [3.8, 4) is 0 Å². The van der Waals surface area contributed by atoms with Crippen molar-refractivity contribution in [3.63, 3.8) is 0 Å². The molecular formula is C14H20N2O2.